The fourth-order valence-corrected chi connectivity index (χ4v) is 5.68. The average molecular weight is 617 g/mol. The number of rotatable bonds is 9. The molecule has 2 aliphatic rings. The smallest absolute Gasteiger partial charge is 0.409 e. The monoisotopic (exact) mass is 616 g/mol. The number of nitrogens with zero attached hydrogens (tertiary/aromatic N) is 3. The molecular weight excluding hydrogens is 586 g/mol. The zero-order valence-corrected chi connectivity index (χ0v) is 24.5. The Bertz CT molecular complexity index is 1560. The summed E-state index contributed by atoms with van der Waals surface area (Å²) in [6, 6.07) is 22.0. The molecule has 44 heavy (non-hydrogen) atoms. The van der Waals surface area contributed by atoms with Gasteiger partial charge in [0.25, 0.3) is 5.91 Å². The van der Waals surface area contributed by atoms with Crippen molar-refractivity contribution in [2.75, 3.05) is 24.5 Å². The van der Waals surface area contributed by atoms with Crippen LogP contribution in [0.15, 0.2) is 78.9 Å². The summed E-state index contributed by atoms with van der Waals surface area (Å²) in [5.41, 5.74) is 5.85. The fourth-order valence-electron chi connectivity index (χ4n) is 5.55. The van der Waals surface area contributed by atoms with Gasteiger partial charge in [0.15, 0.2) is 0 Å². The molecule has 12 heteroatoms. The number of halogens is 1. The lowest BCUT2D eigenvalue weighted by Gasteiger charge is -2.42. The third-order valence-corrected chi connectivity index (χ3v) is 8.05. The zero-order valence-electron chi connectivity index (χ0n) is 23.8. The molecule has 1 spiro atoms. The van der Waals surface area contributed by atoms with E-state index in [1.54, 1.807) is 72.0 Å². The maximum absolute atomic E-state index is 14.0. The third kappa shape index (κ3) is 6.52. The van der Waals surface area contributed by atoms with Crippen LogP contribution in [0.5, 0.6) is 5.75 Å². The minimum absolute atomic E-state index is 0.0182. The zero-order chi connectivity index (χ0) is 31.3. The molecule has 3 aromatic rings. The molecule has 0 saturated carbocycles. The van der Waals surface area contributed by atoms with Crippen LogP contribution in [0, 0.1) is 6.42 Å². The van der Waals surface area contributed by atoms with Gasteiger partial charge in [0.2, 0.25) is 11.8 Å². The van der Waals surface area contributed by atoms with Crippen molar-refractivity contribution in [1.29, 1.82) is 0 Å². The number of hydrogen-bond donors (Lipinski definition) is 2. The molecule has 0 aliphatic carbocycles. The van der Waals surface area contributed by atoms with Gasteiger partial charge in [-0.3, -0.25) is 24.2 Å². The number of nitrogens with one attached hydrogen (secondary N) is 1. The Balaban J connectivity index is 1.27. The van der Waals surface area contributed by atoms with Crippen molar-refractivity contribution in [3.8, 4) is 5.75 Å². The van der Waals surface area contributed by atoms with Gasteiger partial charge in [-0.1, -0.05) is 60.1 Å². The van der Waals surface area contributed by atoms with Crippen molar-refractivity contribution in [1.82, 2.24) is 15.1 Å². The Morgan fingerprint density at radius 1 is 0.932 bits per heavy atom. The fraction of sp³-hybridized carbons (Fsp3) is 0.250. The maximum Gasteiger partial charge on any atom is 0.409 e. The summed E-state index contributed by atoms with van der Waals surface area (Å²) >= 11 is 5.95. The quantitative estimate of drug-likeness (QED) is 0.351. The number of carbonyl (C=O) groups is 5. The summed E-state index contributed by atoms with van der Waals surface area (Å²) in [7, 11) is 0. The highest BCUT2D eigenvalue weighted by Gasteiger charge is 2.59. The van der Waals surface area contributed by atoms with E-state index in [1.165, 1.54) is 11.0 Å². The predicted molar refractivity (Wildman–Crippen MR) is 163 cm³/mol. The highest BCUT2D eigenvalue weighted by Crippen LogP contribution is 2.40. The number of anilines is 1. The van der Waals surface area contributed by atoms with Crippen molar-refractivity contribution in [3.05, 3.63) is 101 Å². The summed E-state index contributed by atoms with van der Waals surface area (Å²) in [6.07, 6.45) is 1.47. The van der Waals surface area contributed by atoms with Gasteiger partial charge in [0.05, 0.1) is 6.42 Å². The van der Waals surface area contributed by atoms with E-state index in [9.17, 15) is 24.0 Å². The number of likely N-dealkylation sites (tertiary alicyclic amines) is 1. The first-order valence-electron chi connectivity index (χ1n) is 14.1. The molecule has 11 nitrogen and oxygen atoms in total. The van der Waals surface area contributed by atoms with E-state index in [0.29, 0.717) is 22.7 Å². The Morgan fingerprint density at radius 2 is 1.59 bits per heavy atom. The lowest BCUT2D eigenvalue weighted by Crippen LogP contribution is -2.57. The number of ether oxygens (including phenoxy) is 1. The van der Waals surface area contributed by atoms with Crippen molar-refractivity contribution in [3.63, 3.8) is 0 Å². The van der Waals surface area contributed by atoms with E-state index in [4.69, 9.17) is 22.1 Å². The van der Waals surface area contributed by atoms with E-state index in [-0.39, 0.29) is 44.1 Å². The molecule has 0 bridgehead atoms. The second-order valence-corrected chi connectivity index (χ2v) is 11.0. The highest BCUT2D eigenvalue weighted by molar-refractivity contribution is 6.30. The minimum Gasteiger partial charge on any atom is -0.410 e. The van der Waals surface area contributed by atoms with E-state index in [2.05, 4.69) is 5.32 Å². The Morgan fingerprint density at radius 3 is 2.27 bits per heavy atom. The summed E-state index contributed by atoms with van der Waals surface area (Å²) in [5, 5.41) is 3.30. The number of carbonyl (C=O) groups excluding carboxylic acids is 5. The van der Waals surface area contributed by atoms with Gasteiger partial charge >= 0.3 is 12.1 Å². The first-order chi connectivity index (χ1) is 21.2. The predicted octanol–water partition coefficient (Wildman–Crippen LogP) is 3.69. The SMILES string of the molecule is NC(=O)Oc1ccccc1CNC(=O)CN1C(=O)N(c2ccccc2)C2(CCN(C(=O)[CH]Cc3ccc(Cl)cc3)CC2)C1=O. The summed E-state index contributed by atoms with van der Waals surface area (Å²) in [5.74, 6) is -1.03. The number of para-hydroxylation sites is 2. The minimum atomic E-state index is -1.24. The molecule has 5 rings (SSSR count). The van der Waals surface area contributed by atoms with Gasteiger partial charge in [-0.15, -0.1) is 0 Å². The highest BCUT2D eigenvalue weighted by atomic mass is 35.5. The van der Waals surface area contributed by atoms with E-state index in [0.717, 1.165) is 10.5 Å². The second-order valence-electron chi connectivity index (χ2n) is 10.5. The van der Waals surface area contributed by atoms with Crippen LogP contribution < -0.4 is 20.7 Å². The molecule has 0 unspecified atom stereocenters. The van der Waals surface area contributed by atoms with E-state index < -0.39 is 36.0 Å². The van der Waals surface area contributed by atoms with Crippen LogP contribution in [0.2, 0.25) is 5.02 Å². The lowest BCUT2D eigenvalue weighted by atomic mass is 9.85. The molecular formula is C32H31ClN5O6. The number of nitrogens with two attached hydrogens (primary N) is 1. The number of primary amides is 1. The first-order valence-corrected chi connectivity index (χ1v) is 14.5. The van der Waals surface area contributed by atoms with Crippen LogP contribution in [-0.2, 0) is 27.3 Å². The maximum atomic E-state index is 14.0. The molecule has 2 heterocycles. The van der Waals surface area contributed by atoms with Gasteiger partial charge < -0.3 is 20.7 Å². The first kappa shape index (κ1) is 30.6. The van der Waals surface area contributed by atoms with Gasteiger partial charge in [0.1, 0.15) is 17.8 Å². The molecule has 2 saturated heterocycles. The molecule has 0 atom stereocenters. The second kappa shape index (κ2) is 13.2. The molecule has 3 aromatic carbocycles. The van der Waals surface area contributed by atoms with E-state index >= 15 is 0 Å². The largest absolute Gasteiger partial charge is 0.410 e. The molecule has 6 amide bonds. The molecule has 227 valence electrons. The van der Waals surface area contributed by atoms with Gasteiger partial charge in [-0.05, 0) is 55.2 Å². The van der Waals surface area contributed by atoms with Gasteiger partial charge in [-0.25, -0.2) is 9.59 Å². The Labute approximate surface area is 259 Å². The Hall–Kier alpha value is -4.90. The van der Waals surface area contributed by atoms with Crippen LogP contribution in [0.3, 0.4) is 0 Å². The topological polar surface area (TPSA) is 142 Å². The summed E-state index contributed by atoms with van der Waals surface area (Å²) < 4.78 is 4.98. The number of piperidine rings is 1. The van der Waals surface area contributed by atoms with Crippen LogP contribution in [0.25, 0.3) is 0 Å². The standard InChI is InChI=1S/C32H31ClN5O6/c33-24-13-10-22(11-14-24)12-15-28(40)36-18-16-32(17-19-36)29(41)37(31(43)38(32)25-7-2-1-3-8-25)21-27(39)35-20-23-6-4-5-9-26(23)44-30(34)42/h1-11,13-15H,12,16-21H2,(H2,34,42)(H,35,39). The summed E-state index contributed by atoms with van der Waals surface area (Å²) in [4.78, 5) is 69.0. The van der Waals surface area contributed by atoms with Crippen molar-refractivity contribution in [2.45, 2.75) is 31.3 Å². The van der Waals surface area contributed by atoms with Gasteiger partial charge in [0, 0.05) is 35.9 Å². The van der Waals surface area contributed by atoms with Crippen LogP contribution in [-0.4, -0.2) is 64.8 Å². The molecule has 0 aromatic heterocycles. The Kier molecular flexibility index (Phi) is 9.15. The number of urea groups is 1. The van der Waals surface area contributed by atoms with Crippen LogP contribution >= 0.6 is 11.6 Å². The normalized spacial score (nSPS) is 15.9. The number of amides is 6. The number of imide groups is 1. The van der Waals surface area contributed by atoms with Crippen molar-refractivity contribution in [2.24, 2.45) is 5.73 Å². The number of benzene rings is 3. The van der Waals surface area contributed by atoms with Crippen molar-refractivity contribution >= 4 is 47.1 Å². The van der Waals surface area contributed by atoms with E-state index in [1.807, 2.05) is 12.1 Å². The number of hydrogen-bond acceptors (Lipinski definition) is 6. The summed E-state index contributed by atoms with van der Waals surface area (Å²) in [6.45, 7) is -0.00126. The van der Waals surface area contributed by atoms with Crippen LogP contribution in [0.4, 0.5) is 15.3 Å². The molecule has 1 radical (unpaired) electrons. The average Bonchev–Trinajstić information content (AvgIpc) is 3.21. The lowest BCUT2D eigenvalue weighted by molar-refractivity contribution is -0.138. The molecule has 3 N–H and O–H groups in total. The van der Waals surface area contributed by atoms with Gasteiger partial charge in [-0.2, -0.15) is 0 Å². The molecule has 2 fully saturated rings. The third-order valence-electron chi connectivity index (χ3n) is 7.80. The van der Waals surface area contributed by atoms with Crippen molar-refractivity contribution < 1.29 is 28.7 Å². The molecule has 2 aliphatic heterocycles. The van der Waals surface area contributed by atoms with Crippen LogP contribution in [0.1, 0.15) is 24.0 Å².